The minimum atomic E-state index is -1.48. The molecule has 122 valence electrons. The fourth-order valence-corrected chi connectivity index (χ4v) is 3.81. The number of hydrogen-bond acceptors (Lipinski definition) is 5. The molecule has 0 saturated carbocycles. The minimum Gasteiger partial charge on any atom is -0.383 e. The Morgan fingerprint density at radius 3 is 2.70 bits per heavy atom. The van der Waals surface area contributed by atoms with Gasteiger partial charge in [0.05, 0.1) is 10.2 Å². The van der Waals surface area contributed by atoms with Crippen LogP contribution in [0, 0.1) is 5.92 Å². The van der Waals surface area contributed by atoms with Gasteiger partial charge >= 0.3 is 0 Å². The van der Waals surface area contributed by atoms with Gasteiger partial charge in [0.2, 0.25) is 0 Å². The highest BCUT2D eigenvalue weighted by molar-refractivity contribution is 7.18. The van der Waals surface area contributed by atoms with Gasteiger partial charge in [-0.2, -0.15) is 0 Å². The molecule has 1 aromatic carbocycles. The predicted molar refractivity (Wildman–Crippen MR) is 90.1 cm³/mol. The van der Waals surface area contributed by atoms with E-state index in [0.29, 0.717) is 24.0 Å². The third kappa shape index (κ3) is 3.29. The number of fused-ring (bicyclic) bond motifs is 1. The van der Waals surface area contributed by atoms with E-state index >= 15 is 0 Å². The Bertz CT molecular complexity index is 674. The highest BCUT2D eigenvalue weighted by Crippen LogP contribution is 2.29. The van der Waals surface area contributed by atoms with Gasteiger partial charge in [-0.15, -0.1) is 17.9 Å². The van der Waals surface area contributed by atoms with Crippen LogP contribution >= 0.6 is 11.3 Å². The molecule has 0 radical (unpaired) electrons. The van der Waals surface area contributed by atoms with Crippen molar-refractivity contribution in [2.75, 3.05) is 13.1 Å². The number of amides is 1. The van der Waals surface area contributed by atoms with Crippen LogP contribution in [0.25, 0.3) is 10.2 Å². The van der Waals surface area contributed by atoms with E-state index in [4.69, 9.17) is 0 Å². The number of carbonyl (C=O) groups excluding carboxylic acids is 1. The molecular formula is C17H20N2O3S. The number of allylic oxidation sites excluding steroid dienone is 1. The van der Waals surface area contributed by atoms with Crippen LogP contribution in [0.3, 0.4) is 0 Å². The van der Waals surface area contributed by atoms with Crippen molar-refractivity contribution >= 4 is 27.5 Å². The summed E-state index contributed by atoms with van der Waals surface area (Å²) in [5, 5.41) is 20.9. The number of aliphatic hydroxyl groups is 2. The lowest BCUT2D eigenvalue weighted by Crippen LogP contribution is -2.45. The zero-order valence-electron chi connectivity index (χ0n) is 12.8. The number of nitrogens with zero attached hydrogens (tertiary/aromatic N) is 2. The molecule has 23 heavy (non-hydrogen) atoms. The molecule has 0 spiro atoms. The number of carbonyl (C=O) groups is 1. The molecule has 1 aromatic heterocycles. The maximum absolute atomic E-state index is 12.4. The largest absolute Gasteiger partial charge is 0.383 e. The molecule has 2 aromatic rings. The van der Waals surface area contributed by atoms with E-state index in [9.17, 15) is 15.0 Å². The van der Waals surface area contributed by atoms with E-state index in [1.807, 2.05) is 30.3 Å². The number of thiazole rings is 1. The number of aromatic nitrogens is 1. The summed E-state index contributed by atoms with van der Waals surface area (Å²) in [6.07, 6.45) is 0.833. The van der Waals surface area contributed by atoms with Crippen molar-refractivity contribution in [1.82, 2.24) is 9.88 Å². The summed E-state index contributed by atoms with van der Waals surface area (Å²) in [7, 11) is 0. The maximum Gasteiger partial charge on any atom is 0.254 e. The second-order valence-electron chi connectivity index (χ2n) is 5.81. The topological polar surface area (TPSA) is 73.7 Å². The van der Waals surface area contributed by atoms with Crippen molar-refractivity contribution in [3.63, 3.8) is 0 Å². The zero-order valence-corrected chi connectivity index (χ0v) is 13.6. The summed E-state index contributed by atoms with van der Waals surface area (Å²) < 4.78 is 0.924. The summed E-state index contributed by atoms with van der Waals surface area (Å²) in [5.74, 6) is -0.00959. The molecule has 2 N–H and O–H groups in total. The van der Waals surface area contributed by atoms with Gasteiger partial charge in [-0.3, -0.25) is 4.79 Å². The number of para-hydroxylation sites is 1. The first-order valence-electron chi connectivity index (χ1n) is 7.73. The van der Waals surface area contributed by atoms with E-state index in [-0.39, 0.29) is 0 Å². The van der Waals surface area contributed by atoms with Crippen LogP contribution in [0.2, 0.25) is 0 Å². The van der Waals surface area contributed by atoms with Crippen molar-refractivity contribution < 1.29 is 15.0 Å². The number of rotatable bonds is 4. The summed E-state index contributed by atoms with van der Waals surface area (Å²) >= 11 is 1.30. The molecular weight excluding hydrogens is 312 g/mol. The Labute approximate surface area is 138 Å². The molecule has 0 aliphatic carbocycles. The second-order valence-corrected chi connectivity index (χ2v) is 6.87. The van der Waals surface area contributed by atoms with Crippen LogP contribution in [-0.2, 0) is 4.79 Å². The summed E-state index contributed by atoms with van der Waals surface area (Å²) in [5.41, 5.74) is 0.762. The highest BCUT2D eigenvalue weighted by atomic mass is 32.1. The van der Waals surface area contributed by atoms with Gasteiger partial charge in [-0.05, 0) is 30.9 Å². The van der Waals surface area contributed by atoms with Crippen LogP contribution in [-0.4, -0.2) is 45.2 Å². The fourth-order valence-electron chi connectivity index (χ4n) is 2.83. The predicted octanol–water partition coefficient (Wildman–Crippen LogP) is 2.12. The number of aliphatic hydroxyl groups excluding tert-OH is 2. The molecule has 2 atom stereocenters. The van der Waals surface area contributed by atoms with Crippen LogP contribution in [0.5, 0.6) is 0 Å². The van der Waals surface area contributed by atoms with E-state index in [0.717, 1.165) is 23.1 Å². The fraction of sp³-hybridized carbons (Fsp3) is 0.412. The standard InChI is InChI=1S/C17H20N2O3S/c1-2-11-7-9-19(10-8-11)17(22)15(21)14(20)16-18-12-5-3-4-6-13(12)23-16/h2-6,11,14-15,20-21H,1,7-10H2/t14-,15-/m1/s1. The first-order valence-corrected chi connectivity index (χ1v) is 8.54. The molecule has 1 amide bonds. The molecule has 6 heteroatoms. The van der Waals surface area contributed by atoms with Crippen molar-refractivity contribution in [3.8, 4) is 0 Å². The lowest BCUT2D eigenvalue weighted by Gasteiger charge is -2.32. The molecule has 0 bridgehead atoms. The van der Waals surface area contributed by atoms with E-state index in [2.05, 4.69) is 11.6 Å². The number of benzene rings is 1. The smallest absolute Gasteiger partial charge is 0.254 e. The lowest BCUT2D eigenvalue weighted by atomic mass is 9.96. The van der Waals surface area contributed by atoms with E-state index in [1.54, 1.807) is 4.90 Å². The molecule has 0 unspecified atom stereocenters. The molecule has 1 fully saturated rings. The monoisotopic (exact) mass is 332 g/mol. The molecule has 2 heterocycles. The van der Waals surface area contributed by atoms with Crippen molar-refractivity contribution in [2.24, 2.45) is 5.92 Å². The van der Waals surface area contributed by atoms with Gasteiger partial charge in [0.1, 0.15) is 11.1 Å². The van der Waals surface area contributed by atoms with Crippen LogP contribution in [0.4, 0.5) is 0 Å². The van der Waals surface area contributed by atoms with Crippen LogP contribution in [0.15, 0.2) is 36.9 Å². The molecule has 1 saturated heterocycles. The molecule has 1 aliphatic heterocycles. The second kappa shape index (κ2) is 6.78. The normalized spacial score (nSPS) is 18.8. The van der Waals surface area contributed by atoms with Gasteiger partial charge < -0.3 is 15.1 Å². The van der Waals surface area contributed by atoms with Gasteiger partial charge in [0.15, 0.2) is 6.10 Å². The van der Waals surface area contributed by atoms with Crippen molar-refractivity contribution in [1.29, 1.82) is 0 Å². The average molecular weight is 332 g/mol. The van der Waals surface area contributed by atoms with Crippen molar-refractivity contribution in [3.05, 3.63) is 41.9 Å². The maximum atomic E-state index is 12.4. The number of likely N-dealkylation sites (tertiary alicyclic amines) is 1. The van der Waals surface area contributed by atoms with Crippen molar-refractivity contribution in [2.45, 2.75) is 25.0 Å². The first-order chi connectivity index (χ1) is 11.1. The minimum absolute atomic E-state index is 0.369. The molecule has 5 nitrogen and oxygen atoms in total. The van der Waals surface area contributed by atoms with Gasteiger partial charge in [0.25, 0.3) is 5.91 Å². The van der Waals surface area contributed by atoms with Gasteiger partial charge in [-0.1, -0.05) is 18.2 Å². The van der Waals surface area contributed by atoms with Crippen LogP contribution < -0.4 is 0 Å². The number of piperidine rings is 1. The lowest BCUT2D eigenvalue weighted by molar-refractivity contribution is -0.147. The Kier molecular flexibility index (Phi) is 4.75. The highest BCUT2D eigenvalue weighted by Gasteiger charge is 2.33. The van der Waals surface area contributed by atoms with Gasteiger partial charge in [-0.25, -0.2) is 4.98 Å². The zero-order chi connectivity index (χ0) is 16.4. The Hall–Kier alpha value is -1.76. The SMILES string of the molecule is C=CC1CCN(C(=O)[C@H](O)[C@@H](O)c2nc3ccccc3s2)CC1. The molecule has 1 aliphatic rings. The van der Waals surface area contributed by atoms with Gasteiger partial charge in [0, 0.05) is 13.1 Å². The Morgan fingerprint density at radius 1 is 1.35 bits per heavy atom. The third-order valence-corrected chi connectivity index (χ3v) is 5.41. The number of hydrogen-bond donors (Lipinski definition) is 2. The first kappa shape index (κ1) is 16.1. The Morgan fingerprint density at radius 2 is 2.04 bits per heavy atom. The quantitative estimate of drug-likeness (QED) is 0.841. The summed E-state index contributed by atoms with van der Waals surface area (Å²) in [6, 6.07) is 7.50. The summed E-state index contributed by atoms with van der Waals surface area (Å²) in [6.45, 7) is 4.94. The summed E-state index contributed by atoms with van der Waals surface area (Å²) in [4.78, 5) is 18.3. The van der Waals surface area contributed by atoms with Crippen LogP contribution in [0.1, 0.15) is 24.0 Å². The van der Waals surface area contributed by atoms with E-state index in [1.165, 1.54) is 11.3 Å². The molecule has 3 rings (SSSR count). The van der Waals surface area contributed by atoms with E-state index < -0.39 is 18.1 Å². The Balaban J connectivity index is 1.70. The third-order valence-electron chi connectivity index (χ3n) is 4.30. The average Bonchev–Trinajstić information content (AvgIpc) is 3.04.